The van der Waals surface area contributed by atoms with Crippen molar-refractivity contribution in [3.8, 4) is 0 Å². The Balaban J connectivity index is 1.84. The topological polar surface area (TPSA) is 92.8 Å². The van der Waals surface area contributed by atoms with Crippen LogP contribution in [0, 0.1) is 0 Å². The number of rotatable bonds is 7. The van der Waals surface area contributed by atoms with Crippen LogP contribution in [0.1, 0.15) is 58.1 Å². The minimum Gasteiger partial charge on any atom is -0.399 e. The molecule has 8 heteroatoms. The summed E-state index contributed by atoms with van der Waals surface area (Å²) in [5.74, 6) is 0.923. The van der Waals surface area contributed by atoms with E-state index in [4.69, 9.17) is 27.3 Å². The first-order valence-corrected chi connectivity index (χ1v) is 11.9. The Labute approximate surface area is 195 Å². The van der Waals surface area contributed by atoms with Gasteiger partial charge in [0.2, 0.25) is 0 Å². The van der Waals surface area contributed by atoms with Crippen molar-refractivity contribution >= 4 is 45.6 Å². The second-order valence-electron chi connectivity index (χ2n) is 8.91. The molecular weight excluding hydrogens is 422 g/mol. The molecule has 7 nitrogen and oxygen atoms in total. The SMILES string of the molecule is CCc1c(N[C@@H]2CCCC[C@H]2NC)nc2c(ncn2C(C)C)c1Nc1cc(N)cc(Cl)c1. The van der Waals surface area contributed by atoms with Crippen LogP contribution in [0.5, 0.6) is 0 Å². The van der Waals surface area contributed by atoms with E-state index in [1.54, 1.807) is 6.07 Å². The molecule has 0 amide bonds. The molecule has 3 aromatic rings. The number of nitrogen functional groups attached to an aromatic ring is 1. The first kappa shape index (κ1) is 22.7. The zero-order valence-electron chi connectivity index (χ0n) is 19.4. The van der Waals surface area contributed by atoms with E-state index in [9.17, 15) is 0 Å². The molecule has 4 rings (SSSR count). The van der Waals surface area contributed by atoms with Crippen LogP contribution in [0.15, 0.2) is 24.5 Å². The normalized spacial score (nSPS) is 18.9. The molecule has 1 fully saturated rings. The molecule has 32 heavy (non-hydrogen) atoms. The van der Waals surface area contributed by atoms with Crippen LogP contribution in [-0.4, -0.2) is 33.7 Å². The van der Waals surface area contributed by atoms with Crippen molar-refractivity contribution in [3.05, 3.63) is 35.1 Å². The molecule has 0 bridgehead atoms. The fraction of sp³-hybridized carbons (Fsp3) is 0.500. The molecule has 0 unspecified atom stereocenters. The first-order valence-electron chi connectivity index (χ1n) is 11.6. The van der Waals surface area contributed by atoms with Gasteiger partial charge in [0.25, 0.3) is 0 Å². The Morgan fingerprint density at radius 1 is 1.19 bits per heavy atom. The standard InChI is InChI=1S/C24H34ClN7/c1-5-18-21(29-17-11-15(25)10-16(26)12-17)22-24(32(13-28-22)14(2)3)31-23(18)30-20-9-7-6-8-19(20)27-4/h10-14,19-20,27H,5-9,26H2,1-4H3,(H2,29,30,31)/t19-,20-/m1/s1. The number of halogens is 1. The van der Waals surface area contributed by atoms with E-state index in [1.165, 1.54) is 19.3 Å². The van der Waals surface area contributed by atoms with E-state index < -0.39 is 0 Å². The number of anilines is 4. The maximum absolute atomic E-state index is 6.27. The molecule has 2 atom stereocenters. The molecule has 1 aliphatic carbocycles. The monoisotopic (exact) mass is 455 g/mol. The number of imidazole rings is 1. The van der Waals surface area contributed by atoms with E-state index >= 15 is 0 Å². The lowest BCUT2D eigenvalue weighted by molar-refractivity contribution is 0.361. The van der Waals surface area contributed by atoms with Gasteiger partial charge < -0.3 is 26.3 Å². The third-order valence-electron chi connectivity index (χ3n) is 6.37. The quantitative estimate of drug-likeness (QED) is 0.352. The summed E-state index contributed by atoms with van der Waals surface area (Å²) in [5, 5.41) is 11.4. The molecule has 1 aliphatic rings. The van der Waals surface area contributed by atoms with Gasteiger partial charge in [0, 0.05) is 40.1 Å². The first-order chi connectivity index (χ1) is 15.4. The van der Waals surface area contributed by atoms with Gasteiger partial charge in [-0.25, -0.2) is 9.97 Å². The third-order valence-corrected chi connectivity index (χ3v) is 6.59. The minimum absolute atomic E-state index is 0.252. The summed E-state index contributed by atoms with van der Waals surface area (Å²) in [7, 11) is 2.05. The summed E-state index contributed by atoms with van der Waals surface area (Å²) in [5.41, 5.74) is 11.3. The fourth-order valence-electron chi connectivity index (χ4n) is 4.71. The summed E-state index contributed by atoms with van der Waals surface area (Å²) >= 11 is 6.27. The van der Waals surface area contributed by atoms with Crippen molar-refractivity contribution in [2.75, 3.05) is 23.4 Å². The zero-order chi connectivity index (χ0) is 22.8. The lowest BCUT2D eigenvalue weighted by Crippen LogP contribution is -2.44. The molecule has 1 saturated carbocycles. The van der Waals surface area contributed by atoms with Crippen LogP contribution in [0.25, 0.3) is 11.2 Å². The summed E-state index contributed by atoms with van der Waals surface area (Å²) in [6.07, 6.45) is 7.49. The summed E-state index contributed by atoms with van der Waals surface area (Å²) in [6, 6.07) is 6.55. The van der Waals surface area contributed by atoms with Gasteiger partial charge >= 0.3 is 0 Å². The van der Waals surface area contributed by atoms with Crippen molar-refractivity contribution < 1.29 is 0 Å². The van der Waals surface area contributed by atoms with Crippen LogP contribution in [0.4, 0.5) is 22.9 Å². The number of hydrogen-bond acceptors (Lipinski definition) is 6. The summed E-state index contributed by atoms with van der Waals surface area (Å²) in [6.45, 7) is 6.44. The predicted octanol–water partition coefficient (Wildman–Crippen LogP) is 5.50. The molecule has 0 radical (unpaired) electrons. The Morgan fingerprint density at radius 3 is 2.59 bits per heavy atom. The van der Waals surface area contributed by atoms with E-state index in [0.29, 0.717) is 22.8 Å². The molecule has 172 valence electrons. The zero-order valence-corrected chi connectivity index (χ0v) is 20.1. The number of aromatic nitrogens is 3. The molecule has 1 aromatic carbocycles. The molecule has 2 heterocycles. The third kappa shape index (κ3) is 4.50. The summed E-state index contributed by atoms with van der Waals surface area (Å²) in [4.78, 5) is 9.84. The van der Waals surface area contributed by atoms with E-state index in [2.05, 4.69) is 41.3 Å². The van der Waals surface area contributed by atoms with Gasteiger partial charge in [-0.3, -0.25) is 0 Å². The molecular formula is C24H34ClN7. The Kier molecular flexibility index (Phi) is 6.76. The number of hydrogen-bond donors (Lipinski definition) is 4. The van der Waals surface area contributed by atoms with Crippen LogP contribution >= 0.6 is 11.6 Å². The lowest BCUT2D eigenvalue weighted by atomic mass is 9.90. The average Bonchev–Trinajstić information content (AvgIpc) is 3.17. The summed E-state index contributed by atoms with van der Waals surface area (Å²) < 4.78 is 2.12. The highest BCUT2D eigenvalue weighted by Gasteiger charge is 2.26. The highest BCUT2D eigenvalue weighted by atomic mass is 35.5. The number of nitrogens with two attached hydrogens (primary N) is 1. The Hall–Kier alpha value is -2.51. The van der Waals surface area contributed by atoms with Crippen LogP contribution in [0.3, 0.4) is 0 Å². The van der Waals surface area contributed by atoms with Gasteiger partial charge in [0.15, 0.2) is 5.65 Å². The fourth-order valence-corrected chi connectivity index (χ4v) is 4.95. The molecule has 0 saturated heterocycles. The maximum atomic E-state index is 6.27. The van der Waals surface area contributed by atoms with Gasteiger partial charge in [-0.1, -0.05) is 31.4 Å². The van der Waals surface area contributed by atoms with Gasteiger partial charge in [-0.05, 0) is 58.4 Å². The molecule has 5 N–H and O–H groups in total. The number of nitrogens with zero attached hydrogens (tertiary/aromatic N) is 3. The highest BCUT2D eigenvalue weighted by molar-refractivity contribution is 6.31. The molecule has 0 spiro atoms. The number of likely N-dealkylation sites (N-methyl/N-ethyl adjacent to an activating group) is 1. The molecule has 2 aromatic heterocycles. The van der Waals surface area contributed by atoms with Crippen molar-refractivity contribution in [2.45, 2.75) is 71.0 Å². The number of pyridine rings is 1. The second-order valence-corrected chi connectivity index (χ2v) is 9.35. The van der Waals surface area contributed by atoms with E-state index in [0.717, 1.165) is 46.8 Å². The smallest absolute Gasteiger partial charge is 0.164 e. The van der Waals surface area contributed by atoms with Crippen molar-refractivity contribution in [3.63, 3.8) is 0 Å². The van der Waals surface area contributed by atoms with Gasteiger partial charge in [0.05, 0.1) is 12.0 Å². The second kappa shape index (κ2) is 9.55. The number of fused-ring (bicyclic) bond motifs is 1. The van der Waals surface area contributed by atoms with E-state index in [1.807, 2.05) is 25.5 Å². The largest absolute Gasteiger partial charge is 0.399 e. The Morgan fingerprint density at radius 2 is 1.94 bits per heavy atom. The van der Waals surface area contributed by atoms with Crippen molar-refractivity contribution in [2.24, 2.45) is 0 Å². The van der Waals surface area contributed by atoms with E-state index in [-0.39, 0.29) is 6.04 Å². The predicted molar refractivity (Wildman–Crippen MR) is 135 cm³/mol. The van der Waals surface area contributed by atoms with Crippen molar-refractivity contribution in [1.29, 1.82) is 0 Å². The van der Waals surface area contributed by atoms with Crippen LogP contribution in [0.2, 0.25) is 5.02 Å². The van der Waals surface area contributed by atoms with Gasteiger partial charge in [-0.15, -0.1) is 0 Å². The minimum atomic E-state index is 0.252. The van der Waals surface area contributed by atoms with Gasteiger partial charge in [-0.2, -0.15) is 0 Å². The lowest BCUT2D eigenvalue weighted by Gasteiger charge is -2.33. The maximum Gasteiger partial charge on any atom is 0.164 e. The van der Waals surface area contributed by atoms with Gasteiger partial charge in [0.1, 0.15) is 11.3 Å². The average molecular weight is 456 g/mol. The number of nitrogens with one attached hydrogen (secondary N) is 3. The number of benzene rings is 1. The van der Waals surface area contributed by atoms with Crippen molar-refractivity contribution in [1.82, 2.24) is 19.9 Å². The van der Waals surface area contributed by atoms with Crippen LogP contribution in [-0.2, 0) is 6.42 Å². The Bertz CT molecular complexity index is 1070. The highest BCUT2D eigenvalue weighted by Crippen LogP contribution is 2.36. The molecule has 0 aliphatic heterocycles. The van der Waals surface area contributed by atoms with Crippen LogP contribution < -0.4 is 21.7 Å².